The van der Waals surface area contributed by atoms with Gasteiger partial charge >= 0.3 is 0 Å². The van der Waals surface area contributed by atoms with Crippen molar-refractivity contribution in [3.8, 4) is 0 Å². The molecule has 2 unspecified atom stereocenters. The van der Waals surface area contributed by atoms with Crippen LogP contribution in [-0.4, -0.2) is 28.3 Å². The molecule has 5 rings (SSSR count). The maximum Gasteiger partial charge on any atom is 0.197 e. The molecule has 0 radical (unpaired) electrons. The maximum absolute atomic E-state index is 12.9. The molecule has 2 heterocycles. The molecule has 2 atom stereocenters. The highest BCUT2D eigenvalue weighted by molar-refractivity contribution is 6.28. The van der Waals surface area contributed by atoms with E-state index in [1.54, 1.807) is 0 Å². The van der Waals surface area contributed by atoms with Gasteiger partial charge in [-0.2, -0.15) is 0 Å². The number of aromatic nitrogens is 1. The number of Topliss-reactive ketones (excluding diaryl/α,β-unsaturated/α-hetero) is 2. The summed E-state index contributed by atoms with van der Waals surface area (Å²) in [4.78, 5) is 25.6. The van der Waals surface area contributed by atoms with Crippen LogP contribution in [0.4, 0.5) is 0 Å². The van der Waals surface area contributed by atoms with Crippen molar-refractivity contribution >= 4 is 33.4 Å². The Labute approximate surface area is 139 Å². The van der Waals surface area contributed by atoms with Gasteiger partial charge in [-0.25, -0.2) is 0 Å². The molecular weight excluding hydrogens is 302 g/mol. The van der Waals surface area contributed by atoms with Crippen LogP contribution in [0.1, 0.15) is 46.2 Å². The van der Waals surface area contributed by atoms with Crippen LogP contribution in [0.15, 0.2) is 30.3 Å². The summed E-state index contributed by atoms with van der Waals surface area (Å²) in [6, 6.07) is 10.4. The second kappa shape index (κ2) is 4.33. The number of para-hydroxylation sites is 1. The van der Waals surface area contributed by atoms with E-state index < -0.39 is 12.2 Å². The van der Waals surface area contributed by atoms with E-state index >= 15 is 0 Å². The molecule has 2 aliphatic rings. The Morgan fingerprint density at radius 1 is 1.00 bits per heavy atom. The summed E-state index contributed by atoms with van der Waals surface area (Å²) in [7, 11) is 0. The molecule has 0 spiro atoms. The highest BCUT2D eigenvalue weighted by atomic mass is 16.6. The van der Waals surface area contributed by atoms with Crippen LogP contribution in [0.25, 0.3) is 21.8 Å². The van der Waals surface area contributed by atoms with E-state index in [2.05, 4.69) is 30.5 Å². The standard InChI is InChI=1S/C20H17NO3/c1-9(2)21-13-7-5-4-6-11(13)12-8-10(3)14-15(16(12)21)18(23)20-19(24-20)17(14)22/h4-9,19-20H,1-3H3. The lowest BCUT2D eigenvalue weighted by molar-refractivity contribution is 0.0922. The first-order valence-electron chi connectivity index (χ1n) is 8.31. The molecule has 2 aromatic carbocycles. The zero-order chi connectivity index (χ0) is 16.7. The molecule has 1 fully saturated rings. The van der Waals surface area contributed by atoms with Crippen molar-refractivity contribution in [1.29, 1.82) is 0 Å². The minimum Gasteiger partial charge on any atom is -0.352 e. The molecule has 1 aromatic heterocycles. The molecule has 0 saturated carbocycles. The Morgan fingerprint density at radius 2 is 1.67 bits per heavy atom. The lowest BCUT2D eigenvalue weighted by Crippen LogP contribution is -2.28. The van der Waals surface area contributed by atoms with E-state index in [1.807, 2.05) is 25.1 Å². The van der Waals surface area contributed by atoms with Crippen molar-refractivity contribution in [3.63, 3.8) is 0 Å². The summed E-state index contributed by atoms with van der Waals surface area (Å²) >= 11 is 0. The van der Waals surface area contributed by atoms with Gasteiger partial charge < -0.3 is 9.30 Å². The second-order valence-electron chi connectivity index (χ2n) is 7.03. The van der Waals surface area contributed by atoms with Gasteiger partial charge in [0.15, 0.2) is 23.8 Å². The molecule has 0 amide bonds. The van der Waals surface area contributed by atoms with E-state index in [1.165, 1.54) is 0 Å². The monoisotopic (exact) mass is 319 g/mol. The fourth-order valence-electron chi connectivity index (χ4n) is 4.18. The number of fused-ring (bicyclic) bond motifs is 6. The third-order valence-corrected chi connectivity index (χ3v) is 5.21. The number of rotatable bonds is 1. The van der Waals surface area contributed by atoms with E-state index in [-0.39, 0.29) is 17.6 Å². The van der Waals surface area contributed by atoms with Gasteiger partial charge in [-0.15, -0.1) is 0 Å². The summed E-state index contributed by atoms with van der Waals surface area (Å²) < 4.78 is 7.53. The van der Waals surface area contributed by atoms with Crippen molar-refractivity contribution in [1.82, 2.24) is 4.57 Å². The van der Waals surface area contributed by atoms with Gasteiger partial charge in [0.1, 0.15) is 0 Å². The van der Waals surface area contributed by atoms with Gasteiger partial charge in [0.2, 0.25) is 0 Å². The minimum atomic E-state index is -0.575. The van der Waals surface area contributed by atoms with E-state index in [0.717, 1.165) is 27.4 Å². The summed E-state index contributed by atoms with van der Waals surface area (Å²) in [5, 5.41) is 2.15. The van der Waals surface area contributed by atoms with Gasteiger partial charge in [0, 0.05) is 27.9 Å². The minimum absolute atomic E-state index is 0.0467. The highest BCUT2D eigenvalue weighted by Crippen LogP contribution is 2.43. The molecule has 0 bridgehead atoms. The first kappa shape index (κ1) is 13.9. The number of epoxide rings is 1. The molecule has 1 saturated heterocycles. The molecule has 4 nitrogen and oxygen atoms in total. The van der Waals surface area contributed by atoms with Crippen LogP contribution in [0.3, 0.4) is 0 Å². The van der Waals surface area contributed by atoms with E-state index in [0.29, 0.717) is 11.1 Å². The molecule has 0 N–H and O–H groups in total. The third-order valence-electron chi connectivity index (χ3n) is 5.21. The quantitative estimate of drug-likeness (QED) is 0.641. The number of carbonyl (C=O) groups excluding carboxylic acids is 2. The fourth-order valence-corrected chi connectivity index (χ4v) is 4.18. The van der Waals surface area contributed by atoms with Crippen LogP contribution in [0, 0.1) is 6.92 Å². The predicted octanol–water partition coefficient (Wildman–Crippen LogP) is 3.83. The summed E-state index contributed by atoms with van der Waals surface area (Å²) in [5.41, 5.74) is 3.93. The maximum atomic E-state index is 12.9. The number of carbonyl (C=O) groups is 2. The van der Waals surface area contributed by atoms with E-state index in [9.17, 15) is 9.59 Å². The number of ether oxygens (including phenoxy) is 1. The van der Waals surface area contributed by atoms with Gasteiger partial charge in [-0.3, -0.25) is 9.59 Å². The fraction of sp³-hybridized carbons (Fsp3) is 0.300. The molecule has 4 heteroatoms. The van der Waals surface area contributed by atoms with Gasteiger partial charge in [0.05, 0.1) is 11.1 Å². The molecule has 3 aromatic rings. The zero-order valence-electron chi connectivity index (χ0n) is 13.8. The average molecular weight is 319 g/mol. The SMILES string of the molecule is Cc1cc2c3ccccc3n(C(C)C)c2c2c1C(=O)C1OC1C2=O. The molecule has 24 heavy (non-hydrogen) atoms. The predicted molar refractivity (Wildman–Crippen MR) is 91.9 cm³/mol. The molecule has 120 valence electrons. The number of hydrogen-bond acceptors (Lipinski definition) is 3. The van der Waals surface area contributed by atoms with Gasteiger partial charge in [-0.05, 0) is 38.5 Å². The molecular formula is C20H17NO3. The number of benzene rings is 2. The first-order valence-corrected chi connectivity index (χ1v) is 8.31. The number of hydrogen-bond donors (Lipinski definition) is 0. The second-order valence-corrected chi connectivity index (χ2v) is 7.03. The smallest absolute Gasteiger partial charge is 0.197 e. The Morgan fingerprint density at radius 3 is 2.38 bits per heavy atom. The lowest BCUT2D eigenvalue weighted by atomic mass is 9.85. The van der Waals surface area contributed by atoms with Crippen molar-refractivity contribution in [3.05, 3.63) is 47.0 Å². The summed E-state index contributed by atoms with van der Waals surface area (Å²) in [6.07, 6.45) is -1.13. The van der Waals surface area contributed by atoms with Crippen molar-refractivity contribution in [2.24, 2.45) is 0 Å². The van der Waals surface area contributed by atoms with Crippen LogP contribution >= 0.6 is 0 Å². The van der Waals surface area contributed by atoms with Crippen LogP contribution < -0.4 is 0 Å². The zero-order valence-corrected chi connectivity index (χ0v) is 13.8. The van der Waals surface area contributed by atoms with Gasteiger partial charge in [-0.1, -0.05) is 18.2 Å². The highest BCUT2D eigenvalue weighted by Gasteiger charge is 2.56. The van der Waals surface area contributed by atoms with Crippen molar-refractivity contribution in [2.75, 3.05) is 0 Å². The average Bonchev–Trinajstić information content (AvgIpc) is 3.29. The number of aryl methyl sites for hydroxylation is 1. The summed E-state index contributed by atoms with van der Waals surface area (Å²) in [6.45, 7) is 6.11. The first-order chi connectivity index (χ1) is 11.5. The topological polar surface area (TPSA) is 51.6 Å². The third kappa shape index (κ3) is 1.52. The van der Waals surface area contributed by atoms with Crippen LogP contribution in [-0.2, 0) is 4.74 Å². The van der Waals surface area contributed by atoms with E-state index in [4.69, 9.17) is 4.74 Å². The Hall–Kier alpha value is -2.46. The Kier molecular flexibility index (Phi) is 2.52. The van der Waals surface area contributed by atoms with Crippen LogP contribution in [0.5, 0.6) is 0 Å². The Bertz CT molecular complexity index is 1070. The summed E-state index contributed by atoms with van der Waals surface area (Å²) in [5.74, 6) is -0.0948. The van der Waals surface area contributed by atoms with Crippen LogP contribution in [0.2, 0.25) is 0 Å². The number of nitrogens with zero attached hydrogens (tertiary/aromatic N) is 1. The lowest BCUT2D eigenvalue weighted by Gasteiger charge is -2.18. The number of ketones is 2. The van der Waals surface area contributed by atoms with Crippen molar-refractivity contribution in [2.45, 2.75) is 39.0 Å². The Balaban J connectivity index is 2.05. The van der Waals surface area contributed by atoms with Gasteiger partial charge in [0.25, 0.3) is 0 Å². The normalized spacial score (nSPS) is 22.3. The van der Waals surface area contributed by atoms with Crippen molar-refractivity contribution < 1.29 is 14.3 Å². The largest absolute Gasteiger partial charge is 0.352 e. The molecule has 1 aliphatic carbocycles. The molecule has 1 aliphatic heterocycles.